The highest BCUT2D eigenvalue weighted by Crippen LogP contribution is 2.26. The zero-order valence-corrected chi connectivity index (χ0v) is 7.02. The first kappa shape index (κ1) is 9.76. The van der Waals surface area contributed by atoms with E-state index >= 15 is 0 Å². The Morgan fingerprint density at radius 1 is 1.64 bits per heavy atom. The fourth-order valence-corrected chi connectivity index (χ4v) is 1.02. The minimum absolute atomic E-state index is 0.243. The van der Waals surface area contributed by atoms with Crippen molar-refractivity contribution >= 4 is 11.8 Å². The Morgan fingerprint density at radius 2 is 2.29 bits per heavy atom. The quantitative estimate of drug-likeness (QED) is 0.598. The zero-order chi connectivity index (χ0) is 10.8. The number of aliphatic carboxylic acids is 1. The molecule has 1 rings (SSSR count). The summed E-state index contributed by atoms with van der Waals surface area (Å²) in [6, 6.07) is 1.60. The van der Waals surface area contributed by atoms with Crippen molar-refractivity contribution in [3.05, 3.63) is 23.8 Å². The molecule has 4 nitrogen and oxygen atoms in total. The minimum atomic E-state index is -1.67. The predicted molar refractivity (Wildman–Crippen MR) is 46.7 cm³/mol. The van der Waals surface area contributed by atoms with Gasteiger partial charge in [-0.1, -0.05) is 5.92 Å². The standard InChI is InChI=1S/C10H5NO3/c1-2-10(9(13)14)4-3-8(12)7(5-10)6-11/h1,3-5H,(H,13,14). The Morgan fingerprint density at radius 3 is 2.71 bits per heavy atom. The molecule has 14 heavy (non-hydrogen) atoms. The van der Waals surface area contributed by atoms with Crippen LogP contribution in [0.15, 0.2) is 23.8 Å². The molecule has 0 aliphatic heterocycles. The van der Waals surface area contributed by atoms with Crippen LogP contribution in [0, 0.1) is 29.1 Å². The van der Waals surface area contributed by atoms with Crippen molar-refractivity contribution in [2.24, 2.45) is 5.41 Å². The number of carbonyl (C=O) groups is 2. The van der Waals surface area contributed by atoms with Gasteiger partial charge in [0.15, 0.2) is 11.2 Å². The highest BCUT2D eigenvalue weighted by molar-refractivity contribution is 6.10. The SMILES string of the molecule is C#CC1(C(=O)O)C=CC(=O)C(C#N)=C1. The Bertz CT molecular complexity index is 445. The number of nitriles is 1. The van der Waals surface area contributed by atoms with Gasteiger partial charge in [0.25, 0.3) is 0 Å². The second kappa shape index (κ2) is 3.20. The summed E-state index contributed by atoms with van der Waals surface area (Å²) in [6.07, 6.45) is 8.14. The van der Waals surface area contributed by atoms with Crippen molar-refractivity contribution in [2.45, 2.75) is 0 Å². The fraction of sp³-hybridized carbons (Fsp3) is 0.100. The molecule has 1 unspecified atom stereocenters. The molecule has 0 spiro atoms. The summed E-state index contributed by atoms with van der Waals surface area (Å²) < 4.78 is 0. The van der Waals surface area contributed by atoms with E-state index in [0.29, 0.717) is 0 Å². The van der Waals surface area contributed by atoms with Crippen LogP contribution in [0.25, 0.3) is 0 Å². The third-order valence-corrected chi connectivity index (χ3v) is 1.85. The summed E-state index contributed by atoms with van der Waals surface area (Å²) in [5, 5.41) is 17.4. The van der Waals surface area contributed by atoms with Gasteiger partial charge in [0.2, 0.25) is 0 Å². The number of carbonyl (C=O) groups excluding carboxylic acids is 1. The van der Waals surface area contributed by atoms with Crippen molar-refractivity contribution in [2.75, 3.05) is 0 Å². The lowest BCUT2D eigenvalue weighted by Gasteiger charge is -2.17. The third kappa shape index (κ3) is 1.30. The zero-order valence-electron chi connectivity index (χ0n) is 7.02. The summed E-state index contributed by atoms with van der Waals surface area (Å²) in [5.74, 6) is 0.227. The van der Waals surface area contributed by atoms with Gasteiger partial charge in [0.1, 0.15) is 6.07 Å². The number of carboxylic acid groups (broad SMARTS) is 1. The van der Waals surface area contributed by atoms with Crippen molar-refractivity contribution < 1.29 is 14.7 Å². The second-order valence-electron chi connectivity index (χ2n) is 2.69. The van der Waals surface area contributed by atoms with Crippen LogP contribution in [0.4, 0.5) is 0 Å². The van der Waals surface area contributed by atoms with Crippen LogP contribution in [0.3, 0.4) is 0 Å². The van der Waals surface area contributed by atoms with Crippen molar-refractivity contribution in [3.8, 4) is 18.4 Å². The largest absolute Gasteiger partial charge is 0.480 e. The molecule has 0 aromatic heterocycles. The molecule has 0 aromatic carbocycles. The normalized spacial score (nSPS) is 24.7. The van der Waals surface area contributed by atoms with Gasteiger partial charge in [0.05, 0.1) is 5.57 Å². The highest BCUT2D eigenvalue weighted by Gasteiger charge is 2.35. The highest BCUT2D eigenvalue weighted by atomic mass is 16.4. The van der Waals surface area contributed by atoms with Gasteiger partial charge in [-0.2, -0.15) is 5.26 Å². The van der Waals surface area contributed by atoms with Crippen LogP contribution in [0.1, 0.15) is 0 Å². The first-order valence-electron chi connectivity index (χ1n) is 3.63. The molecule has 0 aromatic rings. The molecular weight excluding hydrogens is 182 g/mol. The van der Waals surface area contributed by atoms with E-state index in [0.717, 1.165) is 18.2 Å². The molecule has 1 aliphatic rings. The molecule has 0 bridgehead atoms. The Balaban J connectivity index is 3.31. The van der Waals surface area contributed by atoms with Crippen LogP contribution in [0.5, 0.6) is 0 Å². The maximum atomic E-state index is 11.0. The van der Waals surface area contributed by atoms with Crippen LogP contribution < -0.4 is 0 Å². The first-order valence-corrected chi connectivity index (χ1v) is 3.63. The second-order valence-corrected chi connectivity index (χ2v) is 2.69. The lowest BCUT2D eigenvalue weighted by atomic mass is 9.82. The van der Waals surface area contributed by atoms with Gasteiger partial charge in [-0.15, -0.1) is 6.42 Å². The smallest absolute Gasteiger partial charge is 0.329 e. The van der Waals surface area contributed by atoms with Gasteiger partial charge in [-0.3, -0.25) is 4.79 Å². The molecule has 68 valence electrons. The molecule has 0 fully saturated rings. The van der Waals surface area contributed by atoms with E-state index in [4.69, 9.17) is 16.8 Å². The van der Waals surface area contributed by atoms with Crippen molar-refractivity contribution in [1.29, 1.82) is 5.26 Å². The van der Waals surface area contributed by atoms with E-state index in [1.807, 2.05) is 5.92 Å². The van der Waals surface area contributed by atoms with E-state index in [-0.39, 0.29) is 5.57 Å². The lowest BCUT2D eigenvalue weighted by molar-refractivity contribution is -0.141. The van der Waals surface area contributed by atoms with Crippen molar-refractivity contribution in [3.63, 3.8) is 0 Å². The average molecular weight is 187 g/mol. The minimum Gasteiger partial charge on any atom is -0.480 e. The number of carboxylic acids is 1. The number of hydrogen-bond acceptors (Lipinski definition) is 3. The Labute approximate surface area is 80.1 Å². The van der Waals surface area contributed by atoms with Gasteiger partial charge >= 0.3 is 5.97 Å². The number of hydrogen-bond donors (Lipinski definition) is 1. The third-order valence-electron chi connectivity index (χ3n) is 1.85. The van der Waals surface area contributed by atoms with Crippen LogP contribution in [0.2, 0.25) is 0 Å². The molecular formula is C10H5NO3. The molecule has 0 heterocycles. The molecule has 4 heteroatoms. The first-order chi connectivity index (χ1) is 6.55. The maximum absolute atomic E-state index is 11.0. The van der Waals surface area contributed by atoms with Crippen LogP contribution in [-0.4, -0.2) is 16.9 Å². The van der Waals surface area contributed by atoms with E-state index in [9.17, 15) is 9.59 Å². The topological polar surface area (TPSA) is 78.2 Å². The number of rotatable bonds is 1. The predicted octanol–water partition coefficient (Wildman–Crippen LogP) is 0.279. The van der Waals surface area contributed by atoms with Crippen molar-refractivity contribution in [1.82, 2.24) is 0 Å². The lowest BCUT2D eigenvalue weighted by Crippen LogP contribution is -2.28. The molecule has 1 atom stereocenters. The molecule has 1 aliphatic carbocycles. The van der Waals surface area contributed by atoms with Gasteiger partial charge in [0, 0.05) is 0 Å². The van der Waals surface area contributed by atoms with Crippen LogP contribution >= 0.6 is 0 Å². The maximum Gasteiger partial charge on any atom is 0.329 e. The Hall–Kier alpha value is -2.33. The Kier molecular flexibility index (Phi) is 2.23. The molecule has 0 radical (unpaired) electrons. The monoisotopic (exact) mass is 187 g/mol. The number of nitrogens with zero attached hydrogens (tertiary/aromatic N) is 1. The summed E-state index contributed by atoms with van der Waals surface area (Å²) in [5.41, 5.74) is -1.91. The van der Waals surface area contributed by atoms with Gasteiger partial charge in [-0.05, 0) is 18.2 Å². The van der Waals surface area contributed by atoms with Crippen LogP contribution in [-0.2, 0) is 9.59 Å². The van der Waals surface area contributed by atoms with E-state index in [1.165, 1.54) is 0 Å². The van der Waals surface area contributed by atoms with Gasteiger partial charge < -0.3 is 5.11 Å². The van der Waals surface area contributed by atoms with E-state index in [1.54, 1.807) is 6.07 Å². The number of terminal acetylenes is 1. The molecule has 1 N–H and O–H groups in total. The summed E-state index contributed by atoms with van der Waals surface area (Å²) >= 11 is 0. The van der Waals surface area contributed by atoms with Gasteiger partial charge in [-0.25, -0.2) is 4.79 Å². The van der Waals surface area contributed by atoms with E-state index < -0.39 is 17.2 Å². The summed E-state index contributed by atoms with van der Waals surface area (Å²) in [7, 11) is 0. The molecule has 0 saturated heterocycles. The summed E-state index contributed by atoms with van der Waals surface area (Å²) in [4.78, 5) is 21.8. The average Bonchev–Trinajstić information content (AvgIpc) is 2.18. The molecule has 0 amide bonds. The number of allylic oxidation sites excluding steroid dienone is 2. The fourth-order valence-electron chi connectivity index (χ4n) is 1.02. The molecule has 0 saturated carbocycles. The summed E-state index contributed by atoms with van der Waals surface area (Å²) in [6.45, 7) is 0. The van der Waals surface area contributed by atoms with E-state index in [2.05, 4.69) is 0 Å². The number of ketones is 1.